The highest BCUT2D eigenvalue weighted by atomic mass is 19.3. The van der Waals surface area contributed by atoms with E-state index in [1.54, 1.807) is 0 Å². The molecule has 2 aromatic rings. The van der Waals surface area contributed by atoms with E-state index < -0.39 is 12.3 Å². The zero-order valence-electron chi connectivity index (χ0n) is 16.5. The molecule has 2 aliphatic heterocycles. The normalized spacial score (nSPS) is 19.5. The highest BCUT2D eigenvalue weighted by Crippen LogP contribution is 2.58. The molecule has 5 rings (SSSR count). The van der Waals surface area contributed by atoms with Crippen molar-refractivity contribution in [2.75, 3.05) is 34.8 Å². The van der Waals surface area contributed by atoms with Gasteiger partial charge in [-0.3, -0.25) is 4.79 Å². The Morgan fingerprint density at radius 3 is 2.62 bits per heavy atom. The molecule has 3 aliphatic rings. The summed E-state index contributed by atoms with van der Waals surface area (Å²) in [6.45, 7) is 4.96. The Bertz CT molecular complexity index is 985. The Morgan fingerprint density at radius 1 is 1.24 bits per heavy atom. The van der Waals surface area contributed by atoms with Crippen molar-refractivity contribution in [1.82, 2.24) is 9.97 Å². The second kappa shape index (κ2) is 6.37. The van der Waals surface area contributed by atoms with Gasteiger partial charge in [0.15, 0.2) is 0 Å². The highest BCUT2D eigenvalue weighted by Gasteiger charge is 2.52. The summed E-state index contributed by atoms with van der Waals surface area (Å²) in [6, 6.07) is 5.88. The van der Waals surface area contributed by atoms with E-state index in [0.717, 1.165) is 42.3 Å². The first-order chi connectivity index (χ1) is 13.8. The highest BCUT2D eigenvalue weighted by molar-refractivity contribution is 5.89. The third-order valence-corrected chi connectivity index (χ3v) is 6.17. The van der Waals surface area contributed by atoms with Crippen LogP contribution in [0.3, 0.4) is 0 Å². The van der Waals surface area contributed by atoms with Crippen molar-refractivity contribution in [3.63, 3.8) is 0 Å². The Balaban J connectivity index is 1.48. The minimum atomic E-state index is -2.28. The van der Waals surface area contributed by atoms with Crippen LogP contribution in [-0.2, 0) is 10.2 Å². The molecule has 1 amide bonds. The van der Waals surface area contributed by atoms with Gasteiger partial charge in [0.1, 0.15) is 17.5 Å². The maximum atomic E-state index is 12.9. The Hall–Kier alpha value is -2.77. The van der Waals surface area contributed by atoms with Gasteiger partial charge in [-0.05, 0) is 37.5 Å². The van der Waals surface area contributed by atoms with Crippen molar-refractivity contribution in [1.29, 1.82) is 0 Å². The predicted molar refractivity (Wildman–Crippen MR) is 107 cm³/mol. The van der Waals surface area contributed by atoms with Crippen LogP contribution in [-0.4, -0.2) is 41.9 Å². The maximum Gasteiger partial charge on any atom is 0.244 e. The number of carbonyl (C=O) groups excluding carboxylic acids is 1. The molecular weight excluding hydrogens is 376 g/mol. The third-order valence-electron chi connectivity index (χ3n) is 6.17. The summed E-state index contributed by atoms with van der Waals surface area (Å²) in [7, 11) is 0. The topological polar surface area (TPSA) is 61.4 Å². The molecule has 2 aromatic heterocycles. The van der Waals surface area contributed by atoms with Crippen molar-refractivity contribution in [2.24, 2.45) is 5.92 Å². The van der Waals surface area contributed by atoms with Crippen LogP contribution < -0.4 is 15.1 Å². The van der Waals surface area contributed by atoms with E-state index in [4.69, 9.17) is 4.98 Å². The van der Waals surface area contributed by atoms with Crippen LogP contribution in [0.25, 0.3) is 0 Å². The average molecular weight is 399 g/mol. The van der Waals surface area contributed by atoms with Gasteiger partial charge in [-0.25, -0.2) is 18.7 Å². The molecule has 0 radical (unpaired) electrons. The number of alkyl halides is 2. The van der Waals surface area contributed by atoms with Crippen molar-refractivity contribution < 1.29 is 13.6 Å². The van der Waals surface area contributed by atoms with E-state index in [-0.39, 0.29) is 11.3 Å². The fourth-order valence-electron chi connectivity index (χ4n) is 4.37. The fourth-order valence-corrected chi connectivity index (χ4v) is 4.37. The summed E-state index contributed by atoms with van der Waals surface area (Å²) in [5.74, 6) is 1.34. The van der Waals surface area contributed by atoms with E-state index in [1.165, 1.54) is 12.5 Å². The number of nitrogens with zero attached hydrogens (tertiary/aromatic N) is 4. The monoisotopic (exact) mass is 399 g/mol. The molecular formula is C21H23F2N5O. The van der Waals surface area contributed by atoms with Gasteiger partial charge in [0.05, 0.1) is 11.6 Å². The molecule has 152 valence electrons. The molecule has 1 aliphatic carbocycles. The molecule has 0 bridgehead atoms. The van der Waals surface area contributed by atoms with Crippen molar-refractivity contribution in [3.8, 4) is 0 Å². The van der Waals surface area contributed by atoms with Gasteiger partial charge in [-0.15, -0.1) is 0 Å². The minimum Gasteiger partial charge on any atom is -0.355 e. The fraction of sp³-hybridized carbons (Fsp3) is 0.476. The number of aryl methyl sites for hydroxylation is 1. The number of aromatic nitrogens is 2. The summed E-state index contributed by atoms with van der Waals surface area (Å²) in [5, 5.41) is 2.75. The molecule has 6 nitrogen and oxygen atoms in total. The lowest BCUT2D eigenvalue weighted by Gasteiger charge is -2.40. The molecule has 29 heavy (non-hydrogen) atoms. The smallest absolute Gasteiger partial charge is 0.244 e. The number of halogens is 2. The molecule has 0 unspecified atom stereocenters. The zero-order valence-corrected chi connectivity index (χ0v) is 16.5. The lowest BCUT2D eigenvalue weighted by Crippen LogP contribution is -2.50. The summed E-state index contributed by atoms with van der Waals surface area (Å²) < 4.78 is 25.7. The van der Waals surface area contributed by atoms with Gasteiger partial charge in [0.25, 0.3) is 0 Å². The lowest BCUT2D eigenvalue weighted by atomic mass is 10.0. The Morgan fingerprint density at radius 2 is 1.97 bits per heavy atom. The molecule has 1 saturated carbocycles. The quantitative estimate of drug-likeness (QED) is 0.851. The molecule has 8 heteroatoms. The largest absolute Gasteiger partial charge is 0.355 e. The molecule has 1 spiro atoms. The molecule has 2 fully saturated rings. The first kappa shape index (κ1) is 18.3. The number of fused-ring (bicyclic) bond motifs is 2. The Labute approximate surface area is 167 Å². The van der Waals surface area contributed by atoms with Crippen LogP contribution in [0.5, 0.6) is 0 Å². The standard InChI is InChI=1S/C21H23F2N5O/c1-12-5-18(27-9-14(10-27)20(22)23)26-19(6-12)28-11-21(3-4-21)15-8-24-17(7-16(15)28)25-13(2)29/h5-8,14,20H,3-4,9-11H2,1-2H3,(H,24,25,29). The van der Waals surface area contributed by atoms with Crippen molar-refractivity contribution in [3.05, 3.63) is 35.5 Å². The minimum absolute atomic E-state index is 0.111. The van der Waals surface area contributed by atoms with Crippen LogP contribution in [0, 0.1) is 12.8 Å². The number of hydrogen-bond acceptors (Lipinski definition) is 5. The third kappa shape index (κ3) is 3.10. The molecule has 4 heterocycles. The molecule has 1 saturated heterocycles. The van der Waals surface area contributed by atoms with Crippen molar-refractivity contribution in [2.45, 2.75) is 38.5 Å². The predicted octanol–water partition coefficient (Wildman–Crippen LogP) is 3.63. The van der Waals surface area contributed by atoms with Gasteiger partial charge in [0.2, 0.25) is 12.3 Å². The van der Waals surface area contributed by atoms with Crippen LogP contribution in [0.4, 0.5) is 31.9 Å². The number of rotatable bonds is 4. The number of amides is 1. The van der Waals surface area contributed by atoms with Crippen LogP contribution >= 0.6 is 0 Å². The second-order valence-electron chi connectivity index (χ2n) is 8.49. The second-order valence-corrected chi connectivity index (χ2v) is 8.49. The van der Waals surface area contributed by atoms with E-state index in [2.05, 4.69) is 15.2 Å². The summed E-state index contributed by atoms with van der Waals surface area (Å²) >= 11 is 0. The van der Waals surface area contributed by atoms with E-state index in [9.17, 15) is 13.6 Å². The van der Waals surface area contributed by atoms with E-state index in [1.807, 2.05) is 36.2 Å². The average Bonchev–Trinajstić information content (AvgIpc) is 3.30. The van der Waals surface area contributed by atoms with Crippen LogP contribution in [0.1, 0.15) is 30.9 Å². The van der Waals surface area contributed by atoms with Crippen LogP contribution in [0.15, 0.2) is 24.4 Å². The molecule has 0 aromatic carbocycles. The number of anilines is 4. The summed E-state index contributed by atoms with van der Waals surface area (Å²) in [5.41, 5.74) is 3.36. The zero-order chi connectivity index (χ0) is 20.3. The number of nitrogens with one attached hydrogen (secondary N) is 1. The number of pyridine rings is 2. The summed E-state index contributed by atoms with van der Waals surface area (Å²) in [6.07, 6.45) is 1.81. The summed E-state index contributed by atoms with van der Waals surface area (Å²) in [4.78, 5) is 24.8. The van der Waals surface area contributed by atoms with Gasteiger partial charge in [-0.1, -0.05) is 0 Å². The van der Waals surface area contributed by atoms with Gasteiger partial charge < -0.3 is 15.1 Å². The number of carbonyl (C=O) groups is 1. The van der Waals surface area contributed by atoms with Gasteiger partial charge in [0, 0.05) is 49.8 Å². The van der Waals surface area contributed by atoms with Crippen molar-refractivity contribution >= 4 is 29.0 Å². The molecule has 0 atom stereocenters. The van der Waals surface area contributed by atoms with E-state index >= 15 is 0 Å². The first-order valence-electron chi connectivity index (χ1n) is 9.92. The molecule has 1 N–H and O–H groups in total. The Kier molecular flexibility index (Phi) is 4.01. The lowest BCUT2D eigenvalue weighted by molar-refractivity contribution is -0.114. The van der Waals surface area contributed by atoms with E-state index in [0.29, 0.717) is 18.9 Å². The first-order valence-corrected chi connectivity index (χ1v) is 9.92. The SMILES string of the molecule is CC(=O)Nc1cc2c(cn1)C1(CC1)CN2c1cc(C)cc(N2CC(C(F)F)C2)n1. The number of hydrogen-bond donors (Lipinski definition) is 1. The van der Waals surface area contributed by atoms with Crippen LogP contribution in [0.2, 0.25) is 0 Å². The van der Waals surface area contributed by atoms with Gasteiger partial charge >= 0.3 is 0 Å². The maximum absolute atomic E-state index is 12.9. The van der Waals surface area contributed by atoms with Gasteiger partial charge in [-0.2, -0.15) is 0 Å².